The highest BCUT2D eigenvalue weighted by atomic mass is 35.5. The van der Waals surface area contributed by atoms with Gasteiger partial charge in [0, 0.05) is 36.1 Å². The van der Waals surface area contributed by atoms with Gasteiger partial charge in [-0.05, 0) is 38.1 Å². The van der Waals surface area contributed by atoms with Gasteiger partial charge < -0.3 is 26.1 Å². The summed E-state index contributed by atoms with van der Waals surface area (Å²) in [6.07, 6.45) is 4.93. The molecule has 9 nitrogen and oxygen atoms in total. The number of aromatic nitrogens is 2. The van der Waals surface area contributed by atoms with Crippen molar-refractivity contribution < 1.29 is 9.59 Å². The molecule has 0 fully saturated rings. The van der Waals surface area contributed by atoms with Crippen molar-refractivity contribution in [3.63, 3.8) is 0 Å². The lowest BCUT2D eigenvalue weighted by Crippen LogP contribution is -2.23. The molecule has 11 heteroatoms. The molecule has 3 aromatic rings. The number of allylic oxidation sites excluding steroid dienone is 2. The van der Waals surface area contributed by atoms with E-state index in [2.05, 4.69) is 25.8 Å². The molecular weight excluding hydrogens is 486 g/mol. The number of anilines is 1. The molecule has 0 aliphatic carbocycles. The van der Waals surface area contributed by atoms with E-state index in [0.717, 1.165) is 59.4 Å². The number of nitrogen functional groups attached to an aromatic ring is 1. The Balaban J connectivity index is 0.000000196. The molecule has 3 heterocycles. The number of hydrogen-bond donors (Lipinski definition) is 3. The molecule has 0 unspecified atom stereocenters. The topological polar surface area (TPSA) is 126 Å². The molecule has 1 aliphatic rings. The Morgan fingerprint density at radius 1 is 1.26 bits per heavy atom. The monoisotopic (exact) mass is 515 g/mol. The number of fused-ring (bicyclic) bond motifs is 1. The summed E-state index contributed by atoms with van der Waals surface area (Å²) in [5.41, 5.74) is 7.76. The van der Waals surface area contributed by atoms with Crippen molar-refractivity contribution >= 4 is 57.9 Å². The van der Waals surface area contributed by atoms with Crippen molar-refractivity contribution in [1.82, 2.24) is 25.7 Å². The molecule has 1 aliphatic heterocycles. The molecular formula is C24H30ClN7O2S. The van der Waals surface area contributed by atoms with Crippen LogP contribution in [0.5, 0.6) is 0 Å². The van der Waals surface area contributed by atoms with Crippen molar-refractivity contribution in [2.24, 2.45) is 4.99 Å². The molecule has 0 saturated heterocycles. The van der Waals surface area contributed by atoms with Crippen LogP contribution >= 0.6 is 22.9 Å². The molecule has 0 atom stereocenters. The van der Waals surface area contributed by atoms with Gasteiger partial charge in [-0.1, -0.05) is 29.8 Å². The second kappa shape index (κ2) is 15.5. The summed E-state index contributed by atoms with van der Waals surface area (Å²) >= 11 is 7.23. The second-order valence-corrected chi connectivity index (χ2v) is 9.02. The van der Waals surface area contributed by atoms with E-state index in [1.165, 1.54) is 4.88 Å². The van der Waals surface area contributed by atoms with Gasteiger partial charge in [0.15, 0.2) is 6.29 Å². The van der Waals surface area contributed by atoms with E-state index in [-0.39, 0.29) is 0 Å². The first-order chi connectivity index (χ1) is 17.0. The first kappa shape index (κ1) is 27.9. The van der Waals surface area contributed by atoms with Crippen LogP contribution < -0.4 is 16.4 Å². The van der Waals surface area contributed by atoms with Crippen LogP contribution in [0.3, 0.4) is 0 Å². The molecule has 4 N–H and O–H groups in total. The third-order valence-electron chi connectivity index (χ3n) is 4.54. The minimum absolute atomic E-state index is 0.306. The zero-order valence-corrected chi connectivity index (χ0v) is 21.4. The van der Waals surface area contributed by atoms with Gasteiger partial charge in [0.05, 0.1) is 29.0 Å². The molecule has 4 rings (SSSR count). The summed E-state index contributed by atoms with van der Waals surface area (Å²) in [4.78, 5) is 28.0. The van der Waals surface area contributed by atoms with Crippen LogP contribution in [0.15, 0.2) is 58.9 Å². The highest BCUT2D eigenvalue weighted by molar-refractivity contribution is 7.19. The Bertz CT molecular complexity index is 1140. The number of carbonyl (C=O) groups excluding carboxylic acids is 2. The van der Waals surface area contributed by atoms with Crippen molar-refractivity contribution in [3.05, 3.63) is 63.8 Å². The number of aldehydes is 2. The number of thiophene rings is 1. The highest BCUT2D eigenvalue weighted by Gasteiger charge is 2.09. The maximum Gasteiger partial charge on any atom is 0.167 e. The Labute approximate surface area is 214 Å². The first-order valence-corrected chi connectivity index (χ1v) is 12.1. The quantitative estimate of drug-likeness (QED) is 0.249. The van der Waals surface area contributed by atoms with E-state index in [0.29, 0.717) is 18.1 Å². The fourth-order valence-electron chi connectivity index (χ4n) is 2.87. The molecule has 186 valence electrons. The van der Waals surface area contributed by atoms with Crippen LogP contribution in [0.4, 0.5) is 5.82 Å². The highest BCUT2D eigenvalue weighted by Crippen LogP contribution is 2.24. The van der Waals surface area contributed by atoms with Gasteiger partial charge in [-0.25, -0.2) is 4.99 Å². The average molecular weight is 516 g/mol. The molecule has 0 radical (unpaired) electrons. The van der Waals surface area contributed by atoms with E-state index in [4.69, 9.17) is 17.3 Å². The largest absolute Gasteiger partial charge is 0.382 e. The standard InChI is InChI=1S/C10H15N3O2.C8H10N4S.C6H5Cl/c1-13(5-6-14)8-12-9-3-2-4-11-10(9)7-15;1-10-4-5-2-6-7(13-5)3-8(9)12-11-6;7-6-4-2-1-3-5-6/h6-8,11H,2-5H2,1H3;2-3,10H,4H2,1H3,(H2,9,12);1-5H. The van der Waals surface area contributed by atoms with Gasteiger partial charge in [0.1, 0.15) is 17.6 Å². The molecule has 0 spiro atoms. The van der Waals surface area contributed by atoms with E-state index < -0.39 is 0 Å². The Hall–Kier alpha value is -3.34. The summed E-state index contributed by atoms with van der Waals surface area (Å²) in [5, 5.41) is 14.7. The summed E-state index contributed by atoms with van der Waals surface area (Å²) < 4.78 is 1.10. The number of hydrogen-bond acceptors (Lipinski definition) is 9. The van der Waals surface area contributed by atoms with E-state index >= 15 is 0 Å². The van der Waals surface area contributed by atoms with E-state index in [1.54, 1.807) is 29.6 Å². The summed E-state index contributed by atoms with van der Waals surface area (Å²) in [7, 11) is 3.68. The third-order valence-corrected chi connectivity index (χ3v) is 5.86. The Morgan fingerprint density at radius 3 is 2.66 bits per heavy atom. The van der Waals surface area contributed by atoms with Crippen molar-refractivity contribution in [2.75, 3.05) is 32.9 Å². The van der Waals surface area contributed by atoms with Gasteiger partial charge in [0.25, 0.3) is 0 Å². The zero-order chi connectivity index (χ0) is 25.5. The van der Waals surface area contributed by atoms with Gasteiger partial charge in [-0.3, -0.25) is 4.79 Å². The number of likely N-dealkylation sites (N-methyl/N-ethyl adjacent to an activating group) is 1. The van der Waals surface area contributed by atoms with Gasteiger partial charge in [-0.2, -0.15) is 0 Å². The molecule has 2 aromatic heterocycles. The van der Waals surface area contributed by atoms with Crippen LogP contribution in [-0.4, -0.2) is 61.2 Å². The number of halogens is 1. The minimum Gasteiger partial charge on any atom is -0.382 e. The van der Waals surface area contributed by atoms with Crippen molar-refractivity contribution in [2.45, 2.75) is 19.4 Å². The number of benzene rings is 1. The van der Waals surface area contributed by atoms with Crippen LogP contribution in [0.2, 0.25) is 5.02 Å². The smallest absolute Gasteiger partial charge is 0.167 e. The lowest BCUT2D eigenvalue weighted by atomic mass is 10.1. The minimum atomic E-state index is 0.306. The molecule has 35 heavy (non-hydrogen) atoms. The van der Waals surface area contributed by atoms with Crippen molar-refractivity contribution in [1.29, 1.82) is 0 Å². The predicted molar refractivity (Wildman–Crippen MR) is 144 cm³/mol. The van der Waals surface area contributed by atoms with Crippen LogP contribution in [0.25, 0.3) is 10.2 Å². The Morgan fingerprint density at radius 2 is 2.03 bits per heavy atom. The molecule has 0 bridgehead atoms. The summed E-state index contributed by atoms with van der Waals surface area (Å²) in [6, 6.07) is 13.3. The molecule has 0 saturated carbocycles. The van der Waals surface area contributed by atoms with Crippen LogP contribution in [-0.2, 0) is 16.1 Å². The predicted octanol–water partition coefficient (Wildman–Crippen LogP) is 3.27. The van der Waals surface area contributed by atoms with E-state index in [9.17, 15) is 9.59 Å². The number of nitrogens with two attached hydrogens (primary N) is 1. The van der Waals surface area contributed by atoms with E-state index in [1.807, 2.05) is 49.5 Å². The lowest BCUT2D eigenvalue weighted by Gasteiger charge is -2.16. The van der Waals surface area contributed by atoms with Crippen molar-refractivity contribution in [3.8, 4) is 0 Å². The second-order valence-electron chi connectivity index (χ2n) is 7.42. The van der Waals surface area contributed by atoms with Gasteiger partial charge in [-0.15, -0.1) is 21.5 Å². The Kier molecular flexibility index (Phi) is 12.4. The fourth-order valence-corrected chi connectivity index (χ4v) is 4.07. The number of nitrogens with zero attached hydrogens (tertiary/aromatic N) is 4. The number of nitrogens with one attached hydrogen (secondary N) is 2. The zero-order valence-electron chi connectivity index (χ0n) is 19.8. The summed E-state index contributed by atoms with van der Waals surface area (Å²) in [6.45, 7) is 1.98. The molecule has 0 amide bonds. The average Bonchev–Trinajstić information content (AvgIpc) is 3.26. The number of aliphatic imine (C=N–C) groups is 1. The van der Waals surface area contributed by atoms with Crippen LogP contribution in [0, 0.1) is 0 Å². The summed E-state index contributed by atoms with van der Waals surface area (Å²) in [5.74, 6) is 0.477. The molecule has 1 aromatic carbocycles. The maximum absolute atomic E-state index is 10.7. The third kappa shape index (κ3) is 10.2. The normalized spacial score (nSPS) is 12.8. The van der Waals surface area contributed by atoms with Gasteiger partial charge in [0.2, 0.25) is 0 Å². The number of rotatable bonds is 7. The first-order valence-electron chi connectivity index (χ1n) is 10.9. The van der Waals surface area contributed by atoms with Gasteiger partial charge >= 0.3 is 0 Å². The fraction of sp³-hybridized carbons (Fsp3) is 0.292. The maximum atomic E-state index is 10.7. The lowest BCUT2D eigenvalue weighted by molar-refractivity contribution is -0.108. The SMILES string of the molecule is CN(C=NC1=C(C=O)NCCC1)CC=O.CNCc1cc2nnc(N)cc2s1.Clc1ccccc1. The number of carbonyl (C=O) groups is 2. The van der Waals surface area contributed by atoms with Crippen LogP contribution in [0.1, 0.15) is 17.7 Å².